The monoisotopic (exact) mass is 525 g/mol. The summed E-state index contributed by atoms with van der Waals surface area (Å²) >= 11 is 5.87. The number of ether oxygens (including phenoxy) is 1. The molecule has 36 heavy (non-hydrogen) atoms. The van der Waals surface area contributed by atoms with E-state index in [-0.39, 0.29) is 12.1 Å². The molecule has 1 saturated heterocycles. The fourth-order valence-electron chi connectivity index (χ4n) is 5.41. The Morgan fingerprint density at radius 1 is 1.11 bits per heavy atom. The van der Waals surface area contributed by atoms with Gasteiger partial charge in [0.25, 0.3) is 0 Å². The minimum Gasteiger partial charge on any atom is -0.495 e. The van der Waals surface area contributed by atoms with Crippen molar-refractivity contribution in [2.45, 2.75) is 50.2 Å². The van der Waals surface area contributed by atoms with Crippen LogP contribution in [0.5, 0.6) is 5.75 Å². The summed E-state index contributed by atoms with van der Waals surface area (Å²) in [7, 11) is -1.99. The average Bonchev–Trinajstić information content (AvgIpc) is 3.48. The number of benzene rings is 1. The molecule has 5 rings (SSSR count). The smallest absolute Gasteiger partial charge is 0.229 e. The molecule has 3 heterocycles. The van der Waals surface area contributed by atoms with Crippen molar-refractivity contribution in [2.75, 3.05) is 23.0 Å². The van der Waals surface area contributed by atoms with Crippen molar-refractivity contribution in [3.05, 3.63) is 72.3 Å². The highest BCUT2D eigenvalue weighted by molar-refractivity contribution is 7.92. The number of hydrogen-bond donors (Lipinski definition) is 2. The van der Waals surface area contributed by atoms with E-state index in [0.29, 0.717) is 22.6 Å². The molecular formula is C26H31N5O3S2. The summed E-state index contributed by atoms with van der Waals surface area (Å²) < 4.78 is 34.5. The highest BCUT2D eigenvalue weighted by Crippen LogP contribution is 2.44. The third-order valence-electron chi connectivity index (χ3n) is 6.94. The number of nitrogens with one attached hydrogen (secondary N) is 2. The molecule has 0 radical (unpaired) electrons. The van der Waals surface area contributed by atoms with Crippen LogP contribution in [-0.4, -0.2) is 36.4 Å². The minimum absolute atomic E-state index is 0.177. The number of aromatic nitrogens is 2. The summed E-state index contributed by atoms with van der Waals surface area (Å²) in [5.41, 5.74) is 3.17. The van der Waals surface area contributed by atoms with Crippen LogP contribution < -0.4 is 19.7 Å². The van der Waals surface area contributed by atoms with Crippen molar-refractivity contribution in [2.24, 2.45) is 0 Å². The number of nitrogens with zero attached hydrogens (tertiary/aromatic N) is 3. The van der Waals surface area contributed by atoms with Crippen molar-refractivity contribution in [1.29, 1.82) is 0 Å². The number of hydrogen-bond acceptors (Lipinski definition) is 5. The average molecular weight is 526 g/mol. The van der Waals surface area contributed by atoms with Gasteiger partial charge in [0.05, 0.1) is 30.8 Å². The van der Waals surface area contributed by atoms with Crippen molar-refractivity contribution in [3.8, 4) is 5.75 Å². The van der Waals surface area contributed by atoms with Crippen LogP contribution in [0.1, 0.15) is 61.6 Å². The molecule has 2 aliphatic rings. The van der Waals surface area contributed by atoms with E-state index in [1.807, 2.05) is 24.3 Å². The summed E-state index contributed by atoms with van der Waals surface area (Å²) in [5.74, 6) is 0.436. The number of methoxy groups -OCH3 is 1. The summed E-state index contributed by atoms with van der Waals surface area (Å²) in [5, 5.41) is 4.05. The molecule has 1 aliphatic carbocycles. The number of pyridine rings is 1. The standard InChI is InChI=1S/C26H31N5O3S2/c1-34-23-14-13-19(17-21(23)29-36(2,32)33)31-25(24(28-26(31)35)20-11-6-7-15-27-20)22-12-8-16-30(22)18-9-4-3-5-10-18/h6-8,11-18,24-25,29H,3-5,9-10H2,1-2H3,(H,28,35)/t24-,25+/m1/s1. The van der Waals surface area contributed by atoms with Gasteiger partial charge in [-0.25, -0.2) is 8.42 Å². The topological polar surface area (TPSA) is 88.5 Å². The zero-order valence-corrected chi connectivity index (χ0v) is 22.1. The van der Waals surface area contributed by atoms with Gasteiger partial charge in [-0.1, -0.05) is 25.3 Å². The van der Waals surface area contributed by atoms with Gasteiger partial charge in [-0.2, -0.15) is 0 Å². The van der Waals surface area contributed by atoms with E-state index >= 15 is 0 Å². The molecule has 2 N–H and O–H groups in total. The van der Waals surface area contributed by atoms with E-state index < -0.39 is 10.0 Å². The quantitative estimate of drug-likeness (QED) is 0.422. The number of anilines is 2. The molecule has 1 aromatic carbocycles. The molecule has 2 atom stereocenters. The summed E-state index contributed by atoms with van der Waals surface area (Å²) in [4.78, 5) is 6.72. The van der Waals surface area contributed by atoms with Gasteiger partial charge >= 0.3 is 0 Å². The third kappa shape index (κ3) is 4.92. The molecular weight excluding hydrogens is 494 g/mol. The normalized spacial score (nSPS) is 20.8. The summed E-state index contributed by atoms with van der Waals surface area (Å²) in [6, 6.07) is 15.7. The Labute approximate surface area is 217 Å². The Morgan fingerprint density at radius 3 is 2.61 bits per heavy atom. The predicted molar refractivity (Wildman–Crippen MR) is 146 cm³/mol. The zero-order chi connectivity index (χ0) is 25.3. The first-order valence-corrected chi connectivity index (χ1v) is 14.5. The molecule has 1 saturated carbocycles. The minimum atomic E-state index is -3.51. The van der Waals surface area contributed by atoms with Crippen LogP contribution in [0.3, 0.4) is 0 Å². The van der Waals surface area contributed by atoms with E-state index in [9.17, 15) is 8.42 Å². The van der Waals surface area contributed by atoms with Crippen molar-refractivity contribution in [1.82, 2.24) is 14.9 Å². The lowest BCUT2D eigenvalue weighted by Gasteiger charge is -2.32. The highest BCUT2D eigenvalue weighted by atomic mass is 32.2. The predicted octanol–water partition coefficient (Wildman–Crippen LogP) is 4.95. The molecule has 190 valence electrons. The van der Waals surface area contributed by atoms with E-state index in [1.165, 1.54) is 26.4 Å². The van der Waals surface area contributed by atoms with Gasteiger partial charge in [-0.3, -0.25) is 9.71 Å². The fourth-order valence-corrected chi connectivity index (χ4v) is 6.31. The summed E-state index contributed by atoms with van der Waals surface area (Å²) in [6.07, 6.45) is 11.2. The lowest BCUT2D eigenvalue weighted by Crippen LogP contribution is -2.31. The van der Waals surface area contributed by atoms with Crippen LogP contribution in [0.25, 0.3) is 0 Å². The first kappa shape index (κ1) is 24.6. The van der Waals surface area contributed by atoms with E-state index in [4.69, 9.17) is 17.0 Å². The molecule has 1 aliphatic heterocycles. The number of sulfonamides is 1. The Kier molecular flexibility index (Phi) is 6.90. The first-order chi connectivity index (χ1) is 17.4. The van der Waals surface area contributed by atoms with Gasteiger partial charge in [0.15, 0.2) is 5.11 Å². The molecule has 0 unspecified atom stereocenters. The molecule has 8 nitrogen and oxygen atoms in total. The lowest BCUT2D eigenvalue weighted by molar-refractivity contribution is 0.340. The second kappa shape index (κ2) is 10.1. The van der Waals surface area contributed by atoms with Crippen molar-refractivity contribution >= 4 is 38.7 Å². The van der Waals surface area contributed by atoms with E-state index in [0.717, 1.165) is 36.2 Å². The van der Waals surface area contributed by atoms with Crippen LogP contribution in [0.4, 0.5) is 11.4 Å². The fraction of sp³-hybridized carbons (Fsp3) is 0.385. The second-order valence-electron chi connectivity index (χ2n) is 9.39. The largest absolute Gasteiger partial charge is 0.495 e. The Morgan fingerprint density at radius 2 is 1.92 bits per heavy atom. The van der Waals surface area contributed by atoms with Crippen LogP contribution in [0.2, 0.25) is 0 Å². The molecule has 0 amide bonds. The van der Waals surface area contributed by atoms with Gasteiger partial charge in [0, 0.05) is 29.8 Å². The van der Waals surface area contributed by atoms with Crippen LogP contribution in [0, 0.1) is 0 Å². The summed E-state index contributed by atoms with van der Waals surface area (Å²) in [6.45, 7) is 0. The third-order valence-corrected chi connectivity index (χ3v) is 7.84. The van der Waals surface area contributed by atoms with E-state index in [2.05, 4.69) is 42.8 Å². The lowest BCUT2D eigenvalue weighted by atomic mass is 9.94. The molecule has 2 aromatic heterocycles. The molecule has 10 heteroatoms. The Hall–Kier alpha value is -3.11. The van der Waals surface area contributed by atoms with Crippen LogP contribution in [0.15, 0.2) is 60.9 Å². The van der Waals surface area contributed by atoms with Crippen molar-refractivity contribution < 1.29 is 13.2 Å². The second-order valence-corrected chi connectivity index (χ2v) is 11.5. The number of rotatable bonds is 7. The maximum Gasteiger partial charge on any atom is 0.229 e. The molecule has 2 fully saturated rings. The SMILES string of the molecule is COc1ccc(N2C(=S)N[C@H](c3ccccn3)[C@@H]2c2cccn2C2CCCCC2)cc1NS(C)(=O)=O. The van der Waals surface area contributed by atoms with Gasteiger partial charge in [-0.05, 0) is 67.5 Å². The van der Waals surface area contributed by atoms with Crippen LogP contribution in [-0.2, 0) is 10.0 Å². The molecule has 0 bridgehead atoms. The maximum absolute atomic E-state index is 12.0. The number of thiocarbonyl (C=S) groups is 1. The van der Waals surface area contributed by atoms with Gasteiger partial charge in [0.2, 0.25) is 10.0 Å². The van der Waals surface area contributed by atoms with Gasteiger partial charge in [-0.15, -0.1) is 0 Å². The van der Waals surface area contributed by atoms with E-state index in [1.54, 1.807) is 18.3 Å². The van der Waals surface area contributed by atoms with Gasteiger partial charge in [0.1, 0.15) is 11.8 Å². The van der Waals surface area contributed by atoms with Crippen molar-refractivity contribution in [3.63, 3.8) is 0 Å². The molecule has 0 spiro atoms. The van der Waals surface area contributed by atoms with Gasteiger partial charge < -0.3 is 19.5 Å². The highest BCUT2D eigenvalue weighted by Gasteiger charge is 2.42. The first-order valence-electron chi connectivity index (χ1n) is 12.2. The Bertz CT molecular complexity index is 1340. The zero-order valence-electron chi connectivity index (χ0n) is 20.4. The van der Waals surface area contributed by atoms with Crippen LogP contribution >= 0.6 is 12.2 Å². The molecule has 3 aromatic rings. The Balaban J connectivity index is 1.62. The maximum atomic E-state index is 12.0.